The number of amides is 4. The van der Waals surface area contributed by atoms with E-state index in [4.69, 9.17) is 4.99 Å². The summed E-state index contributed by atoms with van der Waals surface area (Å²) in [5.41, 5.74) is 5.41. The predicted molar refractivity (Wildman–Crippen MR) is 291 cm³/mol. The van der Waals surface area contributed by atoms with Crippen molar-refractivity contribution in [3.8, 4) is 0 Å². The number of hydrogen-bond acceptors (Lipinski definition) is 8. The molecule has 2 atom stereocenters. The number of Topliss-reactive ketones (excluding diaryl/α,β-unsaturated/α-hetero) is 1. The molecule has 4 amide bonds. The van der Waals surface area contributed by atoms with E-state index in [2.05, 4.69) is 95.0 Å². The lowest BCUT2D eigenvalue weighted by Gasteiger charge is -2.34. The molecule has 2 unspecified atom stereocenters. The molecule has 2 saturated carbocycles. The van der Waals surface area contributed by atoms with Crippen molar-refractivity contribution >= 4 is 52.1 Å². The Morgan fingerprint density at radius 1 is 0.653 bits per heavy atom. The van der Waals surface area contributed by atoms with Crippen molar-refractivity contribution in [2.45, 2.75) is 252 Å². The molecule has 1 aromatic rings. The molecular formula is C60H88N6O6. The highest BCUT2D eigenvalue weighted by Crippen LogP contribution is 2.53. The molecule has 1 saturated heterocycles. The molecule has 7 rings (SSSR count). The number of aliphatic hydroxyl groups is 1. The van der Waals surface area contributed by atoms with E-state index < -0.39 is 0 Å². The monoisotopic (exact) mass is 989 g/mol. The van der Waals surface area contributed by atoms with Gasteiger partial charge in [0.1, 0.15) is 5.76 Å². The number of nitrogens with zero attached hydrogens (tertiary/aromatic N) is 3. The lowest BCUT2D eigenvalue weighted by molar-refractivity contribution is -0.123. The van der Waals surface area contributed by atoms with Crippen LogP contribution in [0.15, 0.2) is 57.5 Å². The van der Waals surface area contributed by atoms with Gasteiger partial charge >= 0.3 is 0 Å². The fourth-order valence-corrected chi connectivity index (χ4v) is 12.5. The SMILES string of the molecule is CC(C)N1C2=CC(=NC(=O)CCCCCCC(=O)NC3CCCCC3)/C(=C3\C(=O)C(c4cc5c(cc4NC(=O)CCCCCCC(=O)NC4CCCCC4)N(C(C)C)C(C)C5(C)C)=C3O)C=C2C(C)(C)C1C. The number of unbranched alkanes of at least 4 members (excludes halogenated alkanes) is 6. The van der Waals surface area contributed by atoms with Crippen molar-refractivity contribution in [1.82, 2.24) is 15.5 Å². The Balaban J connectivity index is 1.12. The van der Waals surface area contributed by atoms with Crippen molar-refractivity contribution in [3.05, 3.63) is 63.6 Å². The van der Waals surface area contributed by atoms with Crippen LogP contribution in [-0.2, 0) is 29.4 Å². The third-order valence-corrected chi connectivity index (χ3v) is 17.3. The van der Waals surface area contributed by atoms with Crippen LogP contribution in [0.1, 0.15) is 222 Å². The van der Waals surface area contributed by atoms with Crippen molar-refractivity contribution in [1.29, 1.82) is 0 Å². The van der Waals surface area contributed by atoms with Crippen LogP contribution in [0.4, 0.5) is 11.4 Å². The quantitative estimate of drug-likeness (QED) is 0.0742. The summed E-state index contributed by atoms with van der Waals surface area (Å²) in [5.74, 6) is -0.759. The fraction of sp³-hybridized carbons (Fsp3) is 0.667. The van der Waals surface area contributed by atoms with Crippen LogP contribution in [0.25, 0.3) is 5.57 Å². The summed E-state index contributed by atoms with van der Waals surface area (Å²) < 4.78 is 0. The average Bonchev–Trinajstić information content (AvgIpc) is 3.64. The van der Waals surface area contributed by atoms with Crippen LogP contribution in [0.5, 0.6) is 0 Å². The highest BCUT2D eigenvalue weighted by Gasteiger charge is 2.49. The van der Waals surface area contributed by atoms with Gasteiger partial charge in [-0.2, -0.15) is 0 Å². The number of aliphatic hydroxyl groups excluding tert-OH is 1. The lowest BCUT2D eigenvalue weighted by atomic mass is 9.73. The van der Waals surface area contributed by atoms with Crippen molar-refractivity contribution in [2.24, 2.45) is 10.4 Å². The minimum atomic E-state index is -0.360. The Morgan fingerprint density at radius 3 is 1.67 bits per heavy atom. The summed E-state index contributed by atoms with van der Waals surface area (Å²) in [6.45, 7) is 21.8. The molecule has 6 aliphatic rings. The first kappa shape index (κ1) is 54.8. The number of carbonyl (C=O) groups is 5. The Morgan fingerprint density at radius 2 is 1.15 bits per heavy atom. The van der Waals surface area contributed by atoms with Crippen LogP contribution < -0.4 is 20.9 Å². The van der Waals surface area contributed by atoms with Crippen LogP contribution in [0, 0.1) is 5.41 Å². The second-order valence-corrected chi connectivity index (χ2v) is 23.7. The number of carbonyl (C=O) groups excluding carboxylic acids is 5. The summed E-state index contributed by atoms with van der Waals surface area (Å²) in [5, 5.41) is 21.9. The molecule has 2 aliphatic heterocycles. The van der Waals surface area contributed by atoms with Gasteiger partial charge in [0, 0.05) is 95.3 Å². The maximum Gasteiger partial charge on any atom is 0.246 e. The lowest BCUT2D eigenvalue weighted by Crippen LogP contribution is -2.42. The zero-order chi connectivity index (χ0) is 52.1. The van der Waals surface area contributed by atoms with Gasteiger partial charge in [-0.1, -0.05) is 91.9 Å². The van der Waals surface area contributed by atoms with Crippen molar-refractivity contribution < 1.29 is 29.1 Å². The normalized spacial score (nSPS) is 23.6. The third-order valence-electron chi connectivity index (χ3n) is 17.3. The number of fused-ring (bicyclic) bond motifs is 2. The average molecular weight is 989 g/mol. The van der Waals surface area contributed by atoms with Gasteiger partial charge in [-0.3, -0.25) is 24.0 Å². The molecule has 4 N–H and O–H groups in total. The first-order valence-electron chi connectivity index (χ1n) is 28.1. The Bertz CT molecular complexity index is 2390. The largest absolute Gasteiger partial charge is 0.506 e. The number of hydrogen-bond donors (Lipinski definition) is 4. The van der Waals surface area contributed by atoms with E-state index in [1.165, 1.54) is 38.5 Å². The molecule has 0 radical (unpaired) electrons. The Kier molecular flexibility index (Phi) is 17.9. The van der Waals surface area contributed by atoms with E-state index >= 15 is 0 Å². The zero-order valence-corrected chi connectivity index (χ0v) is 45.7. The zero-order valence-electron chi connectivity index (χ0n) is 45.7. The number of aliphatic imine (C=N–C) groups is 1. The maximum absolute atomic E-state index is 14.9. The standard InChI is InChI=1S/C60H88N6O6/c1-37(2)65-39(5)59(7,8)45-33-43(47(35-49(45)65)63-53(69)31-23-13-11-21-29-51(67)61-41-25-17-15-18-26-41)55-57(71)56(58(55)72)44-34-46-50(66(38(3)4)40(6)60(46,9)10)36-48(44)64-54(70)32-24-14-12-22-30-52(68)62-42-27-19-16-20-28-42/h33-42,71H,11-32H2,1-10H3,(H,61,67)(H,62,68)(H,63,69)/b56-44-,64-48?. The second kappa shape index (κ2) is 23.5. The number of ketones is 1. The van der Waals surface area contributed by atoms with Gasteiger partial charge < -0.3 is 30.9 Å². The summed E-state index contributed by atoms with van der Waals surface area (Å²) in [6, 6.07) is 5.16. The number of anilines is 2. The van der Waals surface area contributed by atoms with E-state index in [1.807, 2.05) is 24.3 Å². The Hall–Kier alpha value is -5.00. The predicted octanol–water partition coefficient (Wildman–Crippen LogP) is 12.2. The highest BCUT2D eigenvalue weighted by atomic mass is 16.3. The van der Waals surface area contributed by atoms with Gasteiger partial charge in [0.05, 0.1) is 22.5 Å². The fourth-order valence-electron chi connectivity index (χ4n) is 12.5. The van der Waals surface area contributed by atoms with E-state index in [0.717, 1.165) is 86.7 Å². The molecule has 72 heavy (non-hydrogen) atoms. The summed E-state index contributed by atoms with van der Waals surface area (Å²) in [6.07, 6.45) is 23.1. The third kappa shape index (κ3) is 12.0. The molecule has 0 bridgehead atoms. The van der Waals surface area contributed by atoms with Gasteiger partial charge in [-0.15, -0.1) is 0 Å². The van der Waals surface area contributed by atoms with Gasteiger partial charge in [0.2, 0.25) is 29.4 Å². The first-order valence-corrected chi connectivity index (χ1v) is 28.1. The van der Waals surface area contributed by atoms with Gasteiger partial charge in [0.25, 0.3) is 0 Å². The molecular weight excluding hydrogens is 901 g/mol. The summed E-state index contributed by atoms with van der Waals surface area (Å²) in [7, 11) is 0. The van der Waals surface area contributed by atoms with Gasteiger partial charge in [-0.05, 0) is 128 Å². The number of likely N-dealkylation sites (tertiary alicyclic amines) is 1. The minimum absolute atomic E-state index is 0.115. The first-order chi connectivity index (χ1) is 34.2. The van der Waals surface area contributed by atoms with Gasteiger partial charge in [0.15, 0.2) is 0 Å². The van der Waals surface area contributed by atoms with Crippen LogP contribution in [0.3, 0.4) is 0 Å². The Labute approximate surface area is 431 Å². The van der Waals surface area contributed by atoms with E-state index in [9.17, 15) is 29.1 Å². The van der Waals surface area contributed by atoms with Crippen LogP contribution in [-0.4, -0.2) is 81.4 Å². The minimum Gasteiger partial charge on any atom is -0.506 e. The molecule has 12 nitrogen and oxygen atoms in total. The highest BCUT2D eigenvalue weighted by molar-refractivity contribution is 6.42. The maximum atomic E-state index is 14.9. The molecule has 3 fully saturated rings. The van der Waals surface area contributed by atoms with Crippen LogP contribution >= 0.6 is 0 Å². The molecule has 12 heteroatoms. The summed E-state index contributed by atoms with van der Waals surface area (Å²) in [4.78, 5) is 77.1. The molecule has 394 valence electrons. The number of nitrogens with one attached hydrogen (secondary N) is 3. The molecule has 0 spiro atoms. The smallest absolute Gasteiger partial charge is 0.246 e. The van der Waals surface area contributed by atoms with Crippen molar-refractivity contribution in [3.63, 3.8) is 0 Å². The van der Waals surface area contributed by atoms with Gasteiger partial charge in [-0.25, -0.2) is 4.99 Å². The topological polar surface area (TPSA) is 161 Å². The molecule has 2 heterocycles. The molecule has 1 aromatic carbocycles. The summed E-state index contributed by atoms with van der Waals surface area (Å²) >= 11 is 0. The number of benzene rings is 1. The van der Waals surface area contributed by atoms with Crippen molar-refractivity contribution in [2.75, 3.05) is 10.2 Å². The number of rotatable bonds is 20. The van der Waals surface area contributed by atoms with E-state index in [1.54, 1.807) is 0 Å². The van der Waals surface area contributed by atoms with E-state index in [-0.39, 0.29) is 94.2 Å². The molecule has 0 aromatic heterocycles. The van der Waals surface area contributed by atoms with Crippen LogP contribution in [0.2, 0.25) is 0 Å². The molecule has 4 aliphatic carbocycles. The number of allylic oxidation sites excluding steroid dienone is 6. The second-order valence-electron chi connectivity index (χ2n) is 23.7. The van der Waals surface area contributed by atoms with E-state index in [0.29, 0.717) is 60.3 Å².